The zero-order chi connectivity index (χ0) is 12.6. The van der Waals surface area contributed by atoms with E-state index in [1.807, 2.05) is 0 Å². The molecule has 1 aliphatic rings. The van der Waals surface area contributed by atoms with Gasteiger partial charge in [-0.3, -0.25) is 0 Å². The highest BCUT2D eigenvalue weighted by Crippen LogP contribution is 2.30. The number of nitrogens with zero attached hydrogens (tertiary/aromatic N) is 2. The van der Waals surface area contributed by atoms with Gasteiger partial charge in [-0.25, -0.2) is 18.2 Å². The molecule has 0 bridgehead atoms. The molecule has 1 aromatic heterocycles. The third-order valence-corrected chi connectivity index (χ3v) is 5.48. The lowest BCUT2D eigenvalue weighted by Crippen LogP contribution is -2.40. The minimum Gasteiger partial charge on any atom is -0.477 e. The van der Waals surface area contributed by atoms with Gasteiger partial charge >= 0.3 is 5.97 Å². The number of rotatable bonds is 2. The molecule has 0 saturated carbocycles. The van der Waals surface area contributed by atoms with Crippen molar-refractivity contribution in [3.63, 3.8) is 0 Å². The zero-order valence-corrected chi connectivity index (χ0v) is 11.0. The average Bonchev–Trinajstić information content (AvgIpc) is 2.60. The Hall–Kier alpha value is -0.860. The summed E-state index contributed by atoms with van der Waals surface area (Å²) in [7, 11) is -2.96. The van der Waals surface area contributed by atoms with E-state index in [9.17, 15) is 13.2 Å². The number of sulfone groups is 1. The number of thiazole rings is 1. The molecule has 0 aliphatic carbocycles. The van der Waals surface area contributed by atoms with Crippen LogP contribution in [0.25, 0.3) is 0 Å². The second-order valence-corrected chi connectivity index (χ2v) is 7.20. The highest BCUT2D eigenvalue weighted by atomic mass is 35.5. The zero-order valence-electron chi connectivity index (χ0n) is 8.59. The lowest BCUT2D eigenvalue weighted by molar-refractivity contribution is 0.0702. The van der Waals surface area contributed by atoms with Gasteiger partial charge in [0.2, 0.25) is 0 Å². The molecule has 6 nitrogen and oxygen atoms in total. The molecule has 0 aromatic carbocycles. The number of carboxylic acid groups (broad SMARTS) is 1. The fourth-order valence-corrected chi connectivity index (χ4v) is 3.84. The quantitative estimate of drug-likeness (QED) is 0.865. The molecule has 1 fully saturated rings. The van der Waals surface area contributed by atoms with Crippen LogP contribution in [-0.2, 0) is 9.84 Å². The number of aromatic nitrogens is 1. The standard InChI is InChI=1S/C8H9ClN2O4S2/c9-6-5(7(12)13)16-8(10-6)11-1-3-17(14,15)4-2-11/h1-4H2,(H,12,13). The Labute approximate surface area is 107 Å². The first kappa shape index (κ1) is 12.6. The Kier molecular flexibility index (Phi) is 3.28. The second kappa shape index (κ2) is 4.43. The van der Waals surface area contributed by atoms with Gasteiger partial charge in [0, 0.05) is 13.1 Å². The molecular formula is C8H9ClN2O4S2. The fourth-order valence-electron chi connectivity index (χ4n) is 1.46. The Morgan fingerprint density at radius 1 is 1.41 bits per heavy atom. The highest BCUT2D eigenvalue weighted by Gasteiger charge is 2.25. The molecule has 2 heterocycles. The van der Waals surface area contributed by atoms with E-state index >= 15 is 0 Å². The molecule has 0 radical (unpaired) electrons. The molecule has 1 N–H and O–H groups in total. The maximum absolute atomic E-state index is 11.2. The minimum absolute atomic E-state index is 0.0184. The molecule has 0 amide bonds. The number of halogens is 1. The summed E-state index contributed by atoms with van der Waals surface area (Å²) < 4.78 is 22.5. The van der Waals surface area contributed by atoms with Gasteiger partial charge in [-0.2, -0.15) is 0 Å². The van der Waals surface area contributed by atoms with E-state index < -0.39 is 15.8 Å². The van der Waals surface area contributed by atoms with Crippen molar-refractivity contribution < 1.29 is 18.3 Å². The van der Waals surface area contributed by atoms with E-state index in [1.54, 1.807) is 4.90 Å². The van der Waals surface area contributed by atoms with Gasteiger partial charge in [-0.1, -0.05) is 22.9 Å². The first-order valence-electron chi connectivity index (χ1n) is 4.74. The summed E-state index contributed by atoms with van der Waals surface area (Å²) in [4.78, 5) is 16.5. The number of anilines is 1. The van der Waals surface area contributed by atoms with Gasteiger partial charge in [0.05, 0.1) is 11.5 Å². The van der Waals surface area contributed by atoms with Crippen molar-refractivity contribution in [2.75, 3.05) is 29.5 Å². The van der Waals surface area contributed by atoms with Crippen LogP contribution in [0.5, 0.6) is 0 Å². The number of carbonyl (C=O) groups is 1. The molecule has 1 aromatic rings. The molecule has 0 unspecified atom stereocenters. The van der Waals surface area contributed by atoms with Gasteiger partial charge in [0.15, 0.2) is 25.0 Å². The average molecular weight is 297 g/mol. The molecule has 1 saturated heterocycles. The summed E-state index contributed by atoms with van der Waals surface area (Å²) in [5, 5.41) is 9.24. The van der Waals surface area contributed by atoms with Crippen molar-refractivity contribution in [1.29, 1.82) is 0 Å². The first-order valence-corrected chi connectivity index (χ1v) is 7.75. The molecule has 0 atom stereocenters. The highest BCUT2D eigenvalue weighted by molar-refractivity contribution is 7.91. The maximum atomic E-state index is 11.2. The van der Waals surface area contributed by atoms with E-state index in [1.165, 1.54) is 0 Å². The molecule has 17 heavy (non-hydrogen) atoms. The smallest absolute Gasteiger partial charge is 0.349 e. The van der Waals surface area contributed by atoms with Crippen LogP contribution in [-0.4, -0.2) is 49.1 Å². The third kappa shape index (κ3) is 2.70. The van der Waals surface area contributed by atoms with Gasteiger partial charge in [-0.15, -0.1) is 0 Å². The van der Waals surface area contributed by atoms with Crippen molar-refractivity contribution in [1.82, 2.24) is 4.98 Å². The van der Waals surface area contributed by atoms with E-state index in [2.05, 4.69) is 4.98 Å². The van der Waals surface area contributed by atoms with Gasteiger partial charge in [0.1, 0.15) is 0 Å². The van der Waals surface area contributed by atoms with Crippen molar-refractivity contribution in [3.8, 4) is 0 Å². The van der Waals surface area contributed by atoms with E-state index in [-0.39, 0.29) is 21.5 Å². The van der Waals surface area contributed by atoms with Crippen LogP contribution >= 0.6 is 22.9 Å². The summed E-state index contributed by atoms with van der Waals surface area (Å²) >= 11 is 6.65. The SMILES string of the molecule is O=C(O)c1sc(N2CCS(=O)(=O)CC2)nc1Cl. The Morgan fingerprint density at radius 3 is 2.47 bits per heavy atom. The van der Waals surface area contributed by atoms with Crippen LogP contribution in [0.1, 0.15) is 9.67 Å². The lowest BCUT2D eigenvalue weighted by atomic mass is 10.5. The van der Waals surface area contributed by atoms with Crippen LogP contribution in [0, 0.1) is 0 Å². The topological polar surface area (TPSA) is 87.6 Å². The van der Waals surface area contributed by atoms with Gasteiger partial charge < -0.3 is 10.0 Å². The summed E-state index contributed by atoms with van der Waals surface area (Å²) in [5.74, 6) is -0.998. The first-order chi connectivity index (χ1) is 7.89. The molecule has 9 heteroatoms. The fraction of sp³-hybridized carbons (Fsp3) is 0.500. The predicted octanol–water partition coefficient (Wildman–Crippen LogP) is 0.730. The van der Waals surface area contributed by atoms with Crippen LogP contribution in [0.2, 0.25) is 5.15 Å². The monoisotopic (exact) mass is 296 g/mol. The van der Waals surface area contributed by atoms with Gasteiger partial charge in [-0.05, 0) is 0 Å². The number of aromatic carboxylic acids is 1. The summed E-state index contributed by atoms with van der Waals surface area (Å²) in [5.41, 5.74) is 0. The van der Waals surface area contributed by atoms with Crippen molar-refractivity contribution >= 4 is 43.9 Å². The van der Waals surface area contributed by atoms with E-state index in [0.29, 0.717) is 18.2 Å². The molecular weight excluding hydrogens is 288 g/mol. The molecule has 94 valence electrons. The number of hydrogen-bond donors (Lipinski definition) is 1. The number of carboxylic acids is 1. The van der Waals surface area contributed by atoms with Crippen molar-refractivity contribution in [3.05, 3.63) is 10.0 Å². The molecule has 1 aliphatic heterocycles. The van der Waals surface area contributed by atoms with Crippen molar-refractivity contribution in [2.24, 2.45) is 0 Å². The largest absolute Gasteiger partial charge is 0.477 e. The normalized spacial score (nSPS) is 19.2. The maximum Gasteiger partial charge on any atom is 0.349 e. The number of hydrogen-bond acceptors (Lipinski definition) is 6. The van der Waals surface area contributed by atoms with Crippen LogP contribution in [0.3, 0.4) is 0 Å². The Balaban J connectivity index is 2.19. The summed E-state index contributed by atoms with van der Waals surface area (Å²) in [6.45, 7) is 0.649. The van der Waals surface area contributed by atoms with Crippen LogP contribution < -0.4 is 4.90 Å². The summed E-state index contributed by atoms with van der Waals surface area (Å²) in [6, 6.07) is 0. The second-order valence-electron chi connectivity index (χ2n) is 3.56. The lowest BCUT2D eigenvalue weighted by Gasteiger charge is -2.25. The third-order valence-electron chi connectivity index (χ3n) is 2.38. The van der Waals surface area contributed by atoms with Crippen LogP contribution in [0.4, 0.5) is 5.13 Å². The van der Waals surface area contributed by atoms with Crippen LogP contribution in [0.15, 0.2) is 0 Å². The van der Waals surface area contributed by atoms with E-state index in [0.717, 1.165) is 11.3 Å². The molecule has 2 rings (SSSR count). The van der Waals surface area contributed by atoms with Gasteiger partial charge in [0.25, 0.3) is 0 Å². The minimum atomic E-state index is -2.96. The van der Waals surface area contributed by atoms with Crippen molar-refractivity contribution in [2.45, 2.75) is 0 Å². The van der Waals surface area contributed by atoms with E-state index in [4.69, 9.17) is 16.7 Å². The predicted molar refractivity (Wildman–Crippen MR) is 65.0 cm³/mol. The molecule has 0 spiro atoms. The summed E-state index contributed by atoms with van der Waals surface area (Å²) in [6.07, 6.45) is 0. The Morgan fingerprint density at radius 2 is 2.00 bits per heavy atom. The Bertz CT molecular complexity index is 540.